The summed E-state index contributed by atoms with van der Waals surface area (Å²) in [6, 6.07) is 10.7. The standard InChI is InChI=1S/C20H23F3N2O4S/c1-4-14(2)24-30(27,28)17-11-9-15(10-12-17)19(26)25(3)13-16-7-5-6-8-18(16)29-20(21,22)23/h5-12,14,24H,4,13H2,1-3H3. The van der Waals surface area contributed by atoms with Crippen molar-refractivity contribution in [2.75, 3.05) is 7.05 Å². The van der Waals surface area contributed by atoms with Gasteiger partial charge in [-0.25, -0.2) is 13.1 Å². The summed E-state index contributed by atoms with van der Waals surface area (Å²) in [5, 5.41) is 0. The Morgan fingerprint density at radius 1 is 1.13 bits per heavy atom. The summed E-state index contributed by atoms with van der Waals surface area (Å²) in [7, 11) is -2.27. The van der Waals surface area contributed by atoms with Crippen LogP contribution >= 0.6 is 0 Å². The van der Waals surface area contributed by atoms with E-state index in [1.165, 1.54) is 54.4 Å². The highest BCUT2D eigenvalue weighted by Gasteiger charge is 2.32. The summed E-state index contributed by atoms with van der Waals surface area (Å²) < 4.78 is 68.8. The van der Waals surface area contributed by atoms with Gasteiger partial charge in [-0.15, -0.1) is 13.2 Å². The molecule has 0 heterocycles. The van der Waals surface area contributed by atoms with Crippen LogP contribution in [-0.4, -0.2) is 38.7 Å². The Bertz CT molecular complexity index is 976. The number of para-hydroxylation sites is 1. The van der Waals surface area contributed by atoms with Crippen LogP contribution in [0.25, 0.3) is 0 Å². The third-order valence-electron chi connectivity index (χ3n) is 4.33. The molecule has 30 heavy (non-hydrogen) atoms. The van der Waals surface area contributed by atoms with Crippen molar-refractivity contribution in [3.63, 3.8) is 0 Å². The molecule has 2 aromatic rings. The maximum Gasteiger partial charge on any atom is 0.573 e. The van der Waals surface area contributed by atoms with Crippen molar-refractivity contribution in [3.05, 3.63) is 59.7 Å². The number of ether oxygens (including phenoxy) is 1. The lowest BCUT2D eigenvalue weighted by molar-refractivity contribution is -0.275. The van der Waals surface area contributed by atoms with Crippen molar-refractivity contribution < 1.29 is 31.1 Å². The zero-order valence-electron chi connectivity index (χ0n) is 16.7. The van der Waals surface area contributed by atoms with Crippen LogP contribution in [0, 0.1) is 0 Å². The number of carbonyl (C=O) groups is 1. The molecule has 2 rings (SSSR count). The van der Waals surface area contributed by atoms with E-state index in [4.69, 9.17) is 0 Å². The average Bonchev–Trinajstić information content (AvgIpc) is 2.67. The van der Waals surface area contributed by atoms with Gasteiger partial charge >= 0.3 is 6.36 Å². The molecule has 0 fully saturated rings. The van der Waals surface area contributed by atoms with Gasteiger partial charge < -0.3 is 9.64 Å². The second kappa shape index (κ2) is 9.48. The molecule has 2 aromatic carbocycles. The van der Waals surface area contributed by atoms with E-state index in [0.717, 1.165) is 0 Å². The van der Waals surface area contributed by atoms with E-state index >= 15 is 0 Å². The first kappa shape index (κ1) is 23.7. The topological polar surface area (TPSA) is 75.7 Å². The van der Waals surface area contributed by atoms with E-state index in [1.807, 2.05) is 6.92 Å². The fourth-order valence-electron chi connectivity index (χ4n) is 2.60. The quantitative estimate of drug-likeness (QED) is 0.669. The number of carbonyl (C=O) groups excluding carboxylic acids is 1. The molecule has 0 saturated heterocycles. The molecule has 0 aliphatic heterocycles. The van der Waals surface area contributed by atoms with Gasteiger partial charge in [0.25, 0.3) is 5.91 Å². The third-order valence-corrected chi connectivity index (χ3v) is 5.94. The number of amides is 1. The van der Waals surface area contributed by atoms with Crippen LogP contribution < -0.4 is 9.46 Å². The van der Waals surface area contributed by atoms with E-state index in [9.17, 15) is 26.4 Å². The fourth-order valence-corrected chi connectivity index (χ4v) is 3.93. The van der Waals surface area contributed by atoms with Crippen LogP contribution in [0.5, 0.6) is 5.75 Å². The molecule has 1 N–H and O–H groups in total. The number of benzene rings is 2. The molecule has 164 valence electrons. The molecule has 0 aliphatic rings. The Morgan fingerprint density at radius 2 is 1.73 bits per heavy atom. The molecule has 0 aliphatic carbocycles. The maximum absolute atomic E-state index is 12.6. The molecule has 0 spiro atoms. The lowest BCUT2D eigenvalue weighted by atomic mass is 10.1. The molecule has 0 saturated carbocycles. The van der Waals surface area contributed by atoms with E-state index in [1.54, 1.807) is 13.0 Å². The van der Waals surface area contributed by atoms with Crippen molar-refractivity contribution in [2.45, 2.75) is 44.1 Å². The molecule has 0 radical (unpaired) electrons. The molecule has 0 bridgehead atoms. The largest absolute Gasteiger partial charge is 0.573 e. The highest BCUT2D eigenvalue weighted by Crippen LogP contribution is 2.27. The van der Waals surface area contributed by atoms with E-state index in [2.05, 4.69) is 9.46 Å². The van der Waals surface area contributed by atoms with E-state index < -0.39 is 22.3 Å². The Balaban J connectivity index is 2.14. The van der Waals surface area contributed by atoms with Crippen LogP contribution in [0.15, 0.2) is 53.4 Å². The van der Waals surface area contributed by atoms with Crippen LogP contribution in [0.3, 0.4) is 0 Å². The molecule has 0 aromatic heterocycles. The summed E-state index contributed by atoms with van der Waals surface area (Å²) in [5.41, 5.74) is 0.386. The summed E-state index contributed by atoms with van der Waals surface area (Å²) in [6.07, 6.45) is -4.22. The minimum Gasteiger partial charge on any atom is -0.405 e. The van der Waals surface area contributed by atoms with Crippen molar-refractivity contribution in [1.82, 2.24) is 9.62 Å². The fraction of sp³-hybridized carbons (Fsp3) is 0.350. The summed E-state index contributed by atoms with van der Waals surface area (Å²) in [4.78, 5) is 13.9. The second-order valence-electron chi connectivity index (χ2n) is 6.77. The first-order chi connectivity index (χ1) is 13.9. The summed E-state index contributed by atoms with van der Waals surface area (Å²) in [5.74, 6) is -0.863. The Kier molecular flexibility index (Phi) is 7.49. The van der Waals surface area contributed by atoms with Crippen LogP contribution in [0.2, 0.25) is 0 Å². The number of halogens is 3. The molecule has 1 atom stereocenters. The molecule has 6 nitrogen and oxygen atoms in total. The van der Waals surface area contributed by atoms with Gasteiger partial charge in [-0.05, 0) is 43.7 Å². The first-order valence-electron chi connectivity index (χ1n) is 9.14. The zero-order valence-corrected chi connectivity index (χ0v) is 17.5. The van der Waals surface area contributed by atoms with Gasteiger partial charge in [0, 0.05) is 30.8 Å². The lowest BCUT2D eigenvalue weighted by Crippen LogP contribution is -2.32. The van der Waals surface area contributed by atoms with Gasteiger partial charge in [0.1, 0.15) is 5.75 Å². The average molecular weight is 444 g/mol. The molecule has 1 unspecified atom stereocenters. The summed E-state index contributed by atoms with van der Waals surface area (Å²) in [6.45, 7) is 3.47. The molecular weight excluding hydrogens is 421 g/mol. The van der Waals surface area contributed by atoms with Crippen molar-refractivity contribution in [1.29, 1.82) is 0 Å². The maximum atomic E-state index is 12.6. The highest BCUT2D eigenvalue weighted by atomic mass is 32.2. The summed E-state index contributed by atoms with van der Waals surface area (Å²) >= 11 is 0. The Labute approximate surface area is 173 Å². The third kappa shape index (κ3) is 6.46. The van der Waals surface area contributed by atoms with Gasteiger partial charge in [-0.3, -0.25) is 4.79 Å². The van der Waals surface area contributed by atoms with Gasteiger partial charge in [-0.2, -0.15) is 0 Å². The van der Waals surface area contributed by atoms with Gasteiger partial charge in [0.15, 0.2) is 0 Å². The number of nitrogens with one attached hydrogen (secondary N) is 1. The van der Waals surface area contributed by atoms with Gasteiger partial charge in [0.05, 0.1) is 4.90 Å². The Hall–Kier alpha value is -2.59. The monoisotopic (exact) mass is 444 g/mol. The number of nitrogens with zero attached hydrogens (tertiary/aromatic N) is 1. The minimum atomic E-state index is -4.84. The van der Waals surface area contributed by atoms with Crippen LogP contribution in [-0.2, 0) is 16.6 Å². The predicted octanol–water partition coefficient (Wildman–Crippen LogP) is 3.93. The molecular formula is C20H23F3N2O4S. The predicted molar refractivity (Wildman–Crippen MR) is 105 cm³/mol. The van der Waals surface area contributed by atoms with Crippen LogP contribution in [0.4, 0.5) is 13.2 Å². The SMILES string of the molecule is CCC(C)NS(=O)(=O)c1ccc(C(=O)N(C)Cc2ccccc2OC(F)(F)F)cc1. The normalized spacial score (nSPS) is 13.0. The number of hydrogen-bond acceptors (Lipinski definition) is 4. The Morgan fingerprint density at radius 3 is 2.30 bits per heavy atom. The van der Waals surface area contributed by atoms with Crippen molar-refractivity contribution in [2.24, 2.45) is 0 Å². The minimum absolute atomic E-state index is 0.0194. The lowest BCUT2D eigenvalue weighted by Gasteiger charge is -2.20. The molecule has 1 amide bonds. The highest BCUT2D eigenvalue weighted by molar-refractivity contribution is 7.89. The number of hydrogen-bond donors (Lipinski definition) is 1. The van der Waals surface area contributed by atoms with Gasteiger partial charge in [-0.1, -0.05) is 25.1 Å². The van der Waals surface area contributed by atoms with Gasteiger partial charge in [0.2, 0.25) is 10.0 Å². The number of sulfonamides is 1. The zero-order chi connectivity index (χ0) is 22.5. The van der Waals surface area contributed by atoms with Crippen molar-refractivity contribution >= 4 is 15.9 Å². The number of alkyl halides is 3. The van der Waals surface area contributed by atoms with Crippen molar-refractivity contribution in [3.8, 4) is 5.75 Å². The number of rotatable bonds is 8. The van der Waals surface area contributed by atoms with E-state index in [0.29, 0.717) is 6.42 Å². The van der Waals surface area contributed by atoms with Crippen LogP contribution in [0.1, 0.15) is 36.2 Å². The second-order valence-corrected chi connectivity index (χ2v) is 8.49. The first-order valence-corrected chi connectivity index (χ1v) is 10.6. The van der Waals surface area contributed by atoms with E-state index in [-0.39, 0.29) is 34.4 Å². The smallest absolute Gasteiger partial charge is 0.405 e. The molecule has 10 heteroatoms.